The average molecular weight is 254 g/mol. The van der Waals surface area contributed by atoms with Crippen LogP contribution < -0.4 is 10.1 Å². The Morgan fingerprint density at radius 1 is 1.44 bits per heavy atom. The van der Waals surface area contributed by atoms with Crippen molar-refractivity contribution >= 4 is 5.69 Å². The number of ether oxygens (including phenoxy) is 2. The first-order valence-electron chi connectivity index (χ1n) is 5.78. The van der Waals surface area contributed by atoms with Gasteiger partial charge in [0.05, 0.1) is 18.6 Å². The maximum atomic E-state index is 10.7. The number of nitro benzene ring substituents is 1. The SMILES string of the molecule is CCOCCNCc1cc([N+](=O)[O-])ccc1OC. The van der Waals surface area contributed by atoms with Gasteiger partial charge in [0.1, 0.15) is 5.75 Å². The van der Waals surface area contributed by atoms with Gasteiger partial charge in [0.2, 0.25) is 0 Å². The number of hydrogen-bond acceptors (Lipinski definition) is 5. The lowest BCUT2D eigenvalue weighted by atomic mass is 10.1. The van der Waals surface area contributed by atoms with Gasteiger partial charge < -0.3 is 14.8 Å². The number of methoxy groups -OCH3 is 1. The van der Waals surface area contributed by atoms with Gasteiger partial charge in [-0.05, 0) is 13.0 Å². The number of rotatable bonds is 8. The van der Waals surface area contributed by atoms with E-state index in [9.17, 15) is 10.1 Å². The number of benzene rings is 1. The second kappa shape index (κ2) is 7.62. The molecule has 0 radical (unpaired) electrons. The average Bonchev–Trinajstić information content (AvgIpc) is 2.38. The highest BCUT2D eigenvalue weighted by Crippen LogP contribution is 2.23. The molecule has 0 spiro atoms. The van der Waals surface area contributed by atoms with E-state index >= 15 is 0 Å². The Balaban J connectivity index is 2.61. The lowest BCUT2D eigenvalue weighted by Crippen LogP contribution is -2.19. The number of non-ortho nitro benzene ring substituents is 1. The molecule has 18 heavy (non-hydrogen) atoms. The first-order chi connectivity index (χ1) is 8.69. The summed E-state index contributed by atoms with van der Waals surface area (Å²) in [6, 6.07) is 4.56. The van der Waals surface area contributed by atoms with Crippen molar-refractivity contribution in [2.24, 2.45) is 0 Å². The minimum atomic E-state index is -0.414. The molecule has 6 heteroatoms. The predicted octanol–water partition coefficient (Wildman–Crippen LogP) is 1.73. The van der Waals surface area contributed by atoms with E-state index in [0.29, 0.717) is 32.1 Å². The molecular formula is C12H18N2O4. The zero-order valence-corrected chi connectivity index (χ0v) is 10.6. The Kier molecular flexibility index (Phi) is 6.10. The van der Waals surface area contributed by atoms with Crippen LogP contribution in [0.25, 0.3) is 0 Å². The number of nitrogens with one attached hydrogen (secondary N) is 1. The van der Waals surface area contributed by atoms with Crippen LogP contribution in [0.1, 0.15) is 12.5 Å². The summed E-state index contributed by atoms with van der Waals surface area (Å²) in [6.07, 6.45) is 0. The zero-order valence-electron chi connectivity index (χ0n) is 10.6. The van der Waals surface area contributed by atoms with Crippen LogP contribution >= 0.6 is 0 Å². The summed E-state index contributed by atoms with van der Waals surface area (Å²) in [4.78, 5) is 10.3. The van der Waals surface area contributed by atoms with Crippen molar-refractivity contribution in [1.82, 2.24) is 5.32 Å². The van der Waals surface area contributed by atoms with Crippen LogP contribution in [0.15, 0.2) is 18.2 Å². The summed E-state index contributed by atoms with van der Waals surface area (Å²) in [5.74, 6) is 0.643. The van der Waals surface area contributed by atoms with Gasteiger partial charge in [-0.25, -0.2) is 0 Å². The Bertz CT molecular complexity index is 396. The fourth-order valence-corrected chi connectivity index (χ4v) is 1.53. The van der Waals surface area contributed by atoms with Gasteiger partial charge in [-0.3, -0.25) is 10.1 Å². The lowest BCUT2D eigenvalue weighted by molar-refractivity contribution is -0.384. The zero-order chi connectivity index (χ0) is 13.4. The van der Waals surface area contributed by atoms with Crippen LogP contribution in [0.5, 0.6) is 5.75 Å². The number of nitrogens with zero attached hydrogens (tertiary/aromatic N) is 1. The van der Waals surface area contributed by atoms with E-state index in [0.717, 1.165) is 5.56 Å². The normalized spacial score (nSPS) is 10.3. The van der Waals surface area contributed by atoms with Gasteiger partial charge in [-0.15, -0.1) is 0 Å². The van der Waals surface area contributed by atoms with Crippen LogP contribution in [-0.2, 0) is 11.3 Å². The molecule has 0 heterocycles. The van der Waals surface area contributed by atoms with E-state index in [-0.39, 0.29) is 5.69 Å². The summed E-state index contributed by atoms with van der Waals surface area (Å²) in [6.45, 7) is 4.44. The Labute approximate surface area is 106 Å². The summed E-state index contributed by atoms with van der Waals surface area (Å²) >= 11 is 0. The summed E-state index contributed by atoms with van der Waals surface area (Å²) < 4.78 is 10.4. The number of hydrogen-bond donors (Lipinski definition) is 1. The summed E-state index contributed by atoms with van der Waals surface area (Å²) in [7, 11) is 1.55. The molecule has 1 rings (SSSR count). The Hall–Kier alpha value is -1.66. The molecule has 0 atom stereocenters. The van der Waals surface area contributed by atoms with Crippen molar-refractivity contribution in [3.63, 3.8) is 0 Å². The predicted molar refractivity (Wildman–Crippen MR) is 67.8 cm³/mol. The molecule has 0 bridgehead atoms. The molecule has 1 aromatic carbocycles. The second-order valence-electron chi connectivity index (χ2n) is 3.63. The highest BCUT2D eigenvalue weighted by molar-refractivity contribution is 5.43. The molecule has 0 unspecified atom stereocenters. The maximum absolute atomic E-state index is 10.7. The van der Waals surface area contributed by atoms with Crippen molar-refractivity contribution in [3.8, 4) is 5.75 Å². The molecular weight excluding hydrogens is 236 g/mol. The fourth-order valence-electron chi connectivity index (χ4n) is 1.53. The van der Waals surface area contributed by atoms with Crippen molar-refractivity contribution in [3.05, 3.63) is 33.9 Å². The molecule has 0 fully saturated rings. The molecule has 0 saturated heterocycles. The number of nitro groups is 1. The molecule has 6 nitrogen and oxygen atoms in total. The minimum Gasteiger partial charge on any atom is -0.496 e. The van der Waals surface area contributed by atoms with Crippen LogP contribution in [-0.4, -0.2) is 31.8 Å². The Morgan fingerprint density at radius 2 is 2.22 bits per heavy atom. The van der Waals surface area contributed by atoms with Gasteiger partial charge in [0.25, 0.3) is 5.69 Å². The van der Waals surface area contributed by atoms with Crippen molar-refractivity contribution in [1.29, 1.82) is 0 Å². The quantitative estimate of drug-likeness (QED) is 0.434. The largest absolute Gasteiger partial charge is 0.496 e. The third-order valence-corrected chi connectivity index (χ3v) is 2.42. The Morgan fingerprint density at radius 3 is 2.83 bits per heavy atom. The smallest absolute Gasteiger partial charge is 0.270 e. The van der Waals surface area contributed by atoms with Crippen molar-refractivity contribution < 1.29 is 14.4 Å². The summed E-state index contributed by atoms with van der Waals surface area (Å²) in [5.41, 5.74) is 0.834. The van der Waals surface area contributed by atoms with Crippen molar-refractivity contribution in [2.75, 3.05) is 26.9 Å². The van der Waals surface area contributed by atoms with E-state index in [1.54, 1.807) is 13.2 Å². The molecule has 0 aliphatic heterocycles. The van der Waals surface area contributed by atoms with Gasteiger partial charge >= 0.3 is 0 Å². The first kappa shape index (κ1) is 14.4. The van der Waals surface area contributed by atoms with E-state index in [1.165, 1.54) is 12.1 Å². The fraction of sp³-hybridized carbons (Fsp3) is 0.500. The maximum Gasteiger partial charge on any atom is 0.270 e. The first-order valence-corrected chi connectivity index (χ1v) is 5.78. The van der Waals surface area contributed by atoms with Gasteiger partial charge in [-0.1, -0.05) is 0 Å². The third-order valence-electron chi connectivity index (χ3n) is 2.42. The monoisotopic (exact) mass is 254 g/mol. The topological polar surface area (TPSA) is 73.6 Å². The molecule has 0 amide bonds. The van der Waals surface area contributed by atoms with Crippen LogP contribution in [0.3, 0.4) is 0 Å². The van der Waals surface area contributed by atoms with E-state index < -0.39 is 4.92 Å². The van der Waals surface area contributed by atoms with Crippen LogP contribution in [0, 0.1) is 10.1 Å². The molecule has 1 aromatic rings. The molecule has 1 N–H and O–H groups in total. The third kappa shape index (κ3) is 4.31. The minimum absolute atomic E-state index is 0.0670. The highest BCUT2D eigenvalue weighted by atomic mass is 16.6. The van der Waals surface area contributed by atoms with Crippen LogP contribution in [0.4, 0.5) is 5.69 Å². The van der Waals surface area contributed by atoms with E-state index in [4.69, 9.17) is 9.47 Å². The molecule has 0 aliphatic carbocycles. The molecule has 0 aromatic heterocycles. The van der Waals surface area contributed by atoms with Gasteiger partial charge in [0.15, 0.2) is 0 Å². The standard InChI is InChI=1S/C12H18N2O4/c1-3-18-7-6-13-9-10-8-11(14(15)16)4-5-12(10)17-2/h4-5,8,13H,3,6-7,9H2,1-2H3. The molecule has 100 valence electrons. The van der Waals surface area contributed by atoms with Gasteiger partial charge in [-0.2, -0.15) is 0 Å². The van der Waals surface area contributed by atoms with Crippen molar-refractivity contribution in [2.45, 2.75) is 13.5 Å². The lowest BCUT2D eigenvalue weighted by Gasteiger charge is -2.09. The van der Waals surface area contributed by atoms with Gasteiger partial charge in [0, 0.05) is 37.4 Å². The summed E-state index contributed by atoms with van der Waals surface area (Å²) in [5, 5.41) is 13.8. The molecule has 0 aliphatic rings. The second-order valence-corrected chi connectivity index (χ2v) is 3.63. The van der Waals surface area contributed by atoms with E-state index in [2.05, 4.69) is 5.32 Å². The van der Waals surface area contributed by atoms with E-state index in [1.807, 2.05) is 6.92 Å². The van der Waals surface area contributed by atoms with Crippen LogP contribution in [0.2, 0.25) is 0 Å². The highest BCUT2D eigenvalue weighted by Gasteiger charge is 2.10. The molecule has 0 saturated carbocycles.